The predicted molar refractivity (Wildman–Crippen MR) is 73.4 cm³/mol. The van der Waals surface area contributed by atoms with E-state index < -0.39 is 0 Å². The van der Waals surface area contributed by atoms with Crippen molar-refractivity contribution in [2.24, 2.45) is 0 Å². The average molecular weight is 265 g/mol. The first kappa shape index (κ1) is 14.0. The molecule has 4 heteroatoms. The topological polar surface area (TPSA) is 36.6 Å². The minimum absolute atomic E-state index is 0.260. The molecule has 3 nitrogen and oxygen atoms in total. The number of fused-ring (bicyclic) bond motifs is 1. The Morgan fingerprint density at radius 1 is 1.26 bits per heavy atom. The van der Waals surface area contributed by atoms with Crippen molar-refractivity contribution >= 4 is 11.0 Å². The first-order chi connectivity index (χ1) is 8.95. The molecule has 19 heavy (non-hydrogen) atoms. The van der Waals surface area contributed by atoms with Gasteiger partial charge < -0.3 is 9.52 Å². The van der Waals surface area contributed by atoms with E-state index in [1.54, 1.807) is 13.0 Å². The maximum absolute atomic E-state index is 13.1. The van der Waals surface area contributed by atoms with Gasteiger partial charge in [-0.05, 0) is 45.0 Å². The Morgan fingerprint density at radius 2 is 2.00 bits per heavy atom. The number of furan rings is 1. The highest BCUT2D eigenvalue weighted by molar-refractivity contribution is 5.77. The molecular weight excluding hydrogens is 245 g/mol. The van der Waals surface area contributed by atoms with Crippen molar-refractivity contribution in [2.45, 2.75) is 39.5 Å². The minimum atomic E-state index is -0.385. The fourth-order valence-electron chi connectivity index (χ4n) is 2.14. The molecule has 0 radical (unpaired) electrons. The summed E-state index contributed by atoms with van der Waals surface area (Å²) in [5, 5.41) is 10.3. The van der Waals surface area contributed by atoms with E-state index in [0.29, 0.717) is 24.7 Å². The van der Waals surface area contributed by atoms with Crippen LogP contribution in [0.1, 0.15) is 26.5 Å². The van der Waals surface area contributed by atoms with Gasteiger partial charge in [-0.1, -0.05) is 0 Å². The summed E-state index contributed by atoms with van der Waals surface area (Å²) in [6, 6.07) is 6.67. The number of nitrogens with zero attached hydrogens (tertiary/aromatic N) is 1. The van der Waals surface area contributed by atoms with E-state index in [0.717, 1.165) is 11.1 Å². The van der Waals surface area contributed by atoms with Gasteiger partial charge in [-0.25, -0.2) is 4.39 Å². The highest BCUT2D eigenvalue weighted by Crippen LogP contribution is 2.22. The van der Waals surface area contributed by atoms with E-state index in [9.17, 15) is 9.50 Å². The molecule has 0 spiro atoms. The SMILES string of the molecule is CC(O)CN(Cc1cc2cc(F)ccc2o1)C(C)C. The lowest BCUT2D eigenvalue weighted by Crippen LogP contribution is -2.35. The van der Waals surface area contributed by atoms with Gasteiger partial charge in [-0.15, -0.1) is 0 Å². The molecule has 0 aliphatic heterocycles. The van der Waals surface area contributed by atoms with Crippen LogP contribution in [0.2, 0.25) is 0 Å². The predicted octanol–water partition coefficient (Wildman–Crippen LogP) is 3.16. The third-order valence-corrected chi connectivity index (χ3v) is 3.12. The number of rotatable bonds is 5. The van der Waals surface area contributed by atoms with Crippen molar-refractivity contribution in [1.29, 1.82) is 0 Å². The van der Waals surface area contributed by atoms with Gasteiger partial charge in [0, 0.05) is 18.0 Å². The Kier molecular flexibility index (Phi) is 4.22. The van der Waals surface area contributed by atoms with Gasteiger partial charge in [0.2, 0.25) is 0 Å². The zero-order chi connectivity index (χ0) is 14.0. The first-order valence-corrected chi connectivity index (χ1v) is 6.56. The molecule has 0 saturated heterocycles. The van der Waals surface area contributed by atoms with Crippen molar-refractivity contribution in [3.8, 4) is 0 Å². The van der Waals surface area contributed by atoms with Crippen molar-refractivity contribution in [1.82, 2.24) is 4.90 Å². The summed E-state index contributed by atoms with van der Waals surface area (Å²) in [6.07, 6.45) is -0.385. The molecule has 1 aromatic heterocycles. The van der Waals surface area contributed by atoms with Gasteiger partial charge >= 0.3 is 0 Å². The lowest BCUT2D eigenvalue weighted by atomic mass is 10.2. The molecule has 1 heterocycles. The molecule has 2 aromatic rings. The molecule has 0 saturated carbocycles. The van der Waals surface area contributed by atoms with Crippen molar-refractivity contribution in [2.75, 3.05) is 6.54 Å². The number of aliphatic hydroxyl groups excluding tert-OH is 1. The molecule has 0 bridgehead atoms. The fraction of sp³-hybridized carbons (Fsp3) is 0.467. The molecule has 104 valence electrons. The Labute approximate surface area is 112 Å². The second-order valence-corrected chi connectivity index (χ2v) is 5.27. The molecule has 0 aliphatic carbocycles. The normalized spacial score (nSPS) is 13.6. The van der Waals surface area contributed by atoms with Crippen molar-refractivity contribution in [3.63, 3.8) is 0 Å². The van der Waals surface area contributed by atoms with Crippen LogP contribution in [-0.4, -0.2) is 28.7 Å². The van der Waals surface area contributed by atoms with Gasteiger partial charge in [0.05, 0.1) is 12.6 Å². The summed E-state index contributed by atoms with van der Waals surface area (Å²) in [4.78, 5) is 2.12. The molecule has 0 fully saturated rings. The molecular formula is C15H20FNO2. The Bertz CT molecular complexity index is 548. The molecule has 2 rings (SSSR count). The van der Waals surface area contributed by atoms with Crippen LogP contribution in [0.25, 0.3) is 11.0 Å². The summed E-state index contributed by atoms with van der Waals surface area (Å²) in [5.41, 5.74) is 0.692. The minimum Gasteiger partial charge on any atom is -0.460 e. The smallest absolute Gasteiger partial charge is 0.134 e. The van der Waals surface area contributed by atoms with Crippen LogP contribution in [0.5, 0.6) is 0 Å². The largest absolute Gasteiger partial charge is 0.460 e. The van der Waals surface area contributed by atoms with Crippen molar-refractivity contribution < 1.29 is 13.9 Å². The number of hydrogen-bond donors (Lipinski definition) is 1. The third-order valence-electron chi connectivity index (χ3n) is 3.12. The third kappa shape index (κ3) is 3.55. The van der Waals surface area contributed by atoms with Crippen molar-refractivity contribution in [3.05, 3.63) is 35.8 Å². The van der Waals surface area contributed by atoms with Crippen LogP contribution in [0.4, 0.5) is 4.39 Å². The van der Waals surface area contributed by atoms with E-state index in [1.807, 2.05) is 6.07 Å². The maximum atomic E-state index is 13.1. The van der Waals surface area contributed by atoms with Gasteiger partial charge in [-0.3, -0.25) is 4.90 Å². The summed E-state index contributed by atoms with van der Waals surface area (Å²) in [6.45, 7) is 7.11. The van der Waals surface area contributed by atoms with E-state index in [2.05, 4.69) is 18.7 Å². The van der Waals surface area contributed by atoms with Gasteiger partial charge in [-0.2, -0.15) is 0 Å². The van der Waals surface area contributed by atoms with Crippen LogP contribution < -0.4 is 0 Å². The highest BCUT2D eigenvalue weighted by atomic mass is 19.1. The summed E-state index contributed by atoms with van der Waals surface area (Å²) >= 11 is 0. The zero-order valence-corrected chi connectivity index (χ0v) is 11.6. The Morgan fingerprint density at radius 3 is 2.63 bits per heavy atom. The fourth-order valence-corrected chi connectivity index (χ4v) is 2.14. The number of benzene rings is 1. The molecule has 1 unspecified atom stereocenters. The van der Waals surface area contributed by atoms with Gasteiger partial charge in [0.1, 0.15) is 17.2 Å². The first-order valence-electron chi connectivity index (χ1n) is 6.56. The van der Waals surface area contributed by atoms with E-state index in [1.165, 1.54) is 12.1 Å². The van der Waals surface area contributed by atoms with Crippen LogP contribution >= 0.6 is 0 Å². The molecule has 0 amide bonds. The van der Waals surface area contributed by atoms with Gasteiger partial charge in [0.25, 0.3) is 0 Å². The van der Waals surface area contributed by atoms with Crippen LogP contribution in [-0.2, 0) is 6.54 Å². The second kappa shape index (κ2) is 5.72. The van der Waals surface area contributed by atoms with Crippen LogP contribution in [0.15, 0.2) is 28.7 Å². The summed E-state index contributed by atoms with van der Waals surface area (Å²) in [5.74, 6) is 0.527. The van der Waals surface area contributed by atoms with E-state index in [4.69, 9.17) is 4.42 Å². The molecule has 1 atom stereocenters. The molecule has 1 N–H and O–H groups in total. The van der Waals surface area contributed by atoms with E-state index in [-0.39, 0.29) is 11.9 Å². The molecule has 0 aliphatic rings. The lowest BCUT2D eigenvalue weighted by Gasteiger charge is -2.26. The summed E-state index contributed by atoms with van der Waals surface area (Å²) in [7, 11) is 0. The number of hydrogen-bond acceptors (Lipinski definition) is 3. The highest BCUT2D eigenvalue weighted by Gasteiger charge is 2.15. The number of halogens is 1. The monoisotopic (exact) mass is 265 g/mol. The Balaban J connectivity index is 2.19. The Hall–Kier alpha value is -1.39. The average Bonchev–Trinajstić information content (AvgIpc) is 2.68. The van der Waals surface area contributed by atoms with Gasteiger partial charge in [0.15, 0.2) is 0 Å². The van der Waals surface area contributed by atoms with Crippen LogP contribution in [0, 0.1) is 5.82 Å². The van der Waals surface area contributed by atoms with E-state index >= 15 is 0 Å². The van der Waals surface area contributed by atoms with Crippen LogP contribution in [0.3, 0.4) is 0 Å². The quantitative estimate of drug-likeness (QED) is 0.902. The number of aliphatic hydroxyl groups is 1. The second-order valence-electron chi connectivity index (χ2n) is 5.27. The standard InChI is InChI=1S/C15H20FNO2/c1-10(2)17(8-11(3)18)9-14-7-12-6-13(16)4-5-15(12)19-14/h4-7,10-11,18H,8-9H2,1-3H3. The zero-order valence-electron chi connectivity index (χ0n) is 11.6. The molecule has 1 aromatic carbocycles. The lowest BCUT2D eigenvalue weighted by molar-refractivity contribution is 0.0980. The summed E-state index contributed by atoms with van der Waals surface area (Å²) < 4.78 is 18.8. The maximum Gasteiger partial charge on any atom is 0.134 e.